The number of rotatable bonds is 5. The summed E-state index contributed by atoms with van der Waals surface area (Å²) in [5.41, 5.74) is 3.45. The van der Waals surface area contributed by atoms with E-state index in [9.17, 15) is 4.79 Å². The van der Waals surface area contributed by atoms with Crippen LogP contribution >= 0.6 is 22.9 Å². The Morgan fingerprint density at radius 1 is 1.07 bits per heavy atom. The fourth-order valence-electron chi connectivity index (χ4n) is 3.57. The van der Waals surface area contributed by atoms with Crippen molar-refractivity contribution < 1.29 is 4.79 Å². The third-order valence-corrected chi connectivity index (χ3v) is 6.26. The van der Waals surface area contributed by atoms with Gasteiger partial charge in [0.05, 0.1) is 6.04 Å². The molecule has 0 radical (unpaired) electrons. The molecule has 0 aliphatic carbocycles. The van der Waals surface area contributed by atoms with Crippen molar-refractivity contribution in [1.29, 1.82) is 0 Å². The monoisotopic (exact) mass is 396 g/mol. The average molecular weight is 397 g/mol. The number of carbonyl (C=O) groups excluding carboxylic acids is 1. The Kier molecular flexibility index (Phi) is 5.58. The predicted octanol–water partition coefficient (Wildman–Crippen LogP) is 4.93. The summed E-state index contributed by atoms with van der Waals surface area (Å²) in [6, 6.07) is 20.1. The maximum Gasteiger partial charge on any atom is 0.251 e. The zero-order valence-electron chi connectivity index (χ0n) is 14.9. The Bertz CT molecular complexity index is 908. The van der Waals surface area contributed by atoms with Gasteiger partial charge in [-0.3, -0.25) is 9.69 Å². The van der Waals surface area contributed by atoms with Gasteiger partial charge in [0.15, 0.2) is 0 Å². The van der Waals surface area contributed by atoms with Crippen LogP contribution in [0.1, 0.15) is 32.4 Å². The van der Waals surface area contributed by atoms with Crippen LogP contribution < -0.4 is 5.32 Å². The minimum atomic E-state index is -0.0642. The first-order chi connectivity index (χ1) is 13.2. The standard InChI is InChI=1S/C22H21ClN2OS/c23-19-9-7-17(8-10-19)22(26)24-14-20(21-6-3-13-27-21)25-12-11-16-4-1-2-5-18(16)15-25/h1-10,13,20H,11-12,14-15H2,(H,24,26)/t20-/m0/s1. The number of hydrogen-bond donors (Lipinski definition) is 1. The summed E-state index contributed by atoms with van der Waals surface area (Å²) in [4.78, 5) is 16.3. The van der Waals surface area contributed by atoms with Crippen LogP contribution in [0.25, 0.3) is 0 Å². The first-order valence-corrected chi connectivity index (χ1v) is 10.3. The average Bonchev–Trinajstić information content (AvgIpc) is 3.23. The molecule has 3 aromatic rings. The molecule has 0 spiro atoms. The summed E-state index contributed by atoms with van der Waals surface area (Å²) in [5.74, 6) is -0.0642. The van der Waals surface area contributed by atoms with Gasteiger partial charge >= 0.3 is 0 Å². The van der Waals surface area contributed by atoms with Crippen LogP contribution in [-0.4, -0.2) is 23.9 Å². The van der Waals surface area contributed by atoms with Gasteiger partial charge in [-0.1, -0.05) is 41.9 Å². The van der Waals surface area contributed by atoms with Crippen LogP contribution in [-0.2, 0) is 13.0 Å². The van der Waals surface area contributed by atoms with Crippen LogP contribution in [0.5, 0.6) is 0 Å². The van der Waals surface area contributed by atoms with Crippen molar-refractivity contribution in [2.24, 2.45) is 0 Å². The second-order valence-corrected chi connectivity index (χ2v) is 8.15. The number of thiophene rings is 1. The number of hydrogen-bond acceptors (Lipinski definition) is 3. The minimum absolute atomic E-state index is 0.0642. The van der Waals surface area contributed by atoms with Gasteiger partial charge in [0.2, 0.25) is 0 Å². The number of benzene rings is 2. The highest BCUT2D eigenvalue weighted by atomic mass is 35.5. The molecule has 1 atom stereocenters. The first kappa shape index (κ1) is 18.2. The molecule has 5 heteroatoms. The zero-order valence-corrected chi connectivity index (χ0v) is 16.5. The van der Waals surface area contributed by atoms with E-state index in [-0.39, 0.29) is 11.9 Å². The molecule has 4 rings (SSSR count). The van der Waals surface area contributed by atoms with Gasteiger partial charge in [0.25, 0.3) is 5.91 Å². The van der Waals surface area contributed by atoms with Crippen molar-refractivity contribution >= 4 is 28.8 Å². The van der Waals surface area contributed by atoms with Gasteiger partial charge in [-0.05, 0) is 53.3 Å². The summed E-state index contributed by atoms with van der Waals surface area (Å²) in [6.45, 7) is 2.50. The first-order valence-electron chi connectivity index (χ1n) is 9.09. The Morgan fingerprint density at radius 3 is 2.59 bits per heavy atom. The lowest BCUT2D eigenvalue weighted by Gasteiger charge is -2.35. The van der Waals surface area contributed by atoms with E-state index in [4.69, 9.17) is 11.6 Å². The normalized spacial score (nSPS) is 15.1. The lowest BCUT2D eigenvalue weighted by atomic mass is 9.98. The molecule has 3 nitrogen and oxygen atoms in total. The highest BCUT2D eigenvalue weighted by Crippen LogP contribution is 2.30. The number of halogens is 1. The lowest BCUT2D eigenvalue weighted by Crippen LogP contribution is -2.40. The van der Waals surface area contributed by atoms with E-state index in [0.717, 1.165) is 19.5 Å². The van der Waals surface area contributed by atoms with Gasteiger partial charge in [-0.25, -0.2) is 0 Å². The largest absolute Gasteiger partial charge is 0.350 e. The van der Waals surface area contributed by atoms with Gasteiger partial charge in [0.1, 0.15) is 0 Å². The number of nitrogens with zero attached hydrogens (tertiary/aromatic N) is 1. The Balaban J connectivity index is 1.49. The molecule has 1 N–H and O–H groups in total. The molecular weight excluding hydrogens is 376 g/mol. The molecule has 138 valence electrons. The van der Waals surface area contributed by atoms with Gasteiger partial charge < -0.3 is 5.32 Å². The third-order valence-electron chi connectivity index (χ3n) is 5.03. The number of fused-ring (bicyclic) bond motifs is 1. The summed E-state index contributed by atoms with van der Waals surface area (Å²) >= 11 is 7.66. The summed E-state index contributed by atoms with van der Waals surface area (Å²) in [7, 11) is 0. The summed E-state index contributed by atoms with van der Waals surface area (Å²) < 4.78 is 0. The molecule has 0 bridgehead atoms. The Morgan fingerprint density at radius 2 is 1.85 bits per heavy atom. The maximum absolute atomic E-state index is 12.5. The Labute approximate surface area is 168 Å². The second-order valence-electron chi connectivity index (χ2n) is 6.74. The zero-order chi connectivity index (χ0) is 18.6. The van der Waals surface area contributed by atoms with Crippen LogP contribution in [0.15, 0.2) is 66.0 Å². The van der Waals surface area contributed by atoms with Crippen molar-refractivity contribution in [2.45, 2.75) is 19.0 Å². The van der Waals surface area contributed by atoms with Crippen LogP contribution in [0, 0.1) is 0 Å². The third kappa shape index (κ3) is 4.24. The fraction of sp³-hybridized carbons (Fsp3) is 0.227. The van der Waals surface area contributed by atoms with Crippen molar-refractivity contribution in [1.82, 2.24) is 10.2 Å². The van der Waals surface area contributed by atoms with Crippen molar-refractivity contribution in [3.05, 3.63) is 92.6 Å². The molecule has 1 amide bonds. The molecule has 1 aliphatic rings. The molecule has 0 saturated heterocycles. The smallest absolute Gasteiger partial charge is 0.251 e. The highest BCUT2D eigenvalue weighted by molar-refractivity contribution is 7.10. The van der Waals surface area contributed by atoms with E-state index < -0.39 is 0 Å². The van der Waals surface area contributed by atoms with E-state index in [1.807, 2.05) is 0 Å². The molecule has 1 aromatic heterocycles. The summed E-state index contributed by atoms with van der Waals surface area (Å²) in [6.07, 6.45) is 1.04. The van der Waals surface area contributed by atoms with E-state index in [1.54, 1.807) is 35.6 Å². The Hall–Kier alpha value is -2.14. The highest BCUT2D eigenvalue weighted by Gasteiger charge is 2.26. The number of carbonyl (C=O) groups is 1. The fourth-order valence-corrected chi connectivity index (χ4v) is 4.55. The van der Waals surface area contributed by atoms with Crippen molar-refractivity contribution in [3.8, 4) is 0 Å². The predicted molar refractivity (Wildman–Crippen MR) is 111 cm³/mol. The van der Waals surface area contributed by atoms with Gasteiger partial charge in [-0.2, -0.15) is 0 Å². The minimum Gasteiger partial charge on any atom is -0.350 e. The van der Waals surface area contributed by atoms with Crippen molar-refractivity contribution in [2.75, 3.05) is 13.1 Å². The van der Waals surface area contributed by atoms with E-state index in [2.05, 4.69) is 52.0 Å². The quantitative estimate of drug-likeness (QED) is 0.663. The van der Waals surface area contributed by atoms with Gasteiger partial charge in [-0.15, -0.1) is 11.3 Å². The molecule has 1 aliphatic heterocycles. The van der Waals surface area contributed by atoms with Crippen LogP contribution in [0.2, 0.25) is 5.02 Å². The van der Waals surface area contributed by atoms with E-state index >= 15 is 0 Å². The number of amides is 1. The summed E-state index contributed by atoms with van der Waals surface area (Å²) in [5, 5.41) is 5.84. The molecule has 27 heavy (non-hydrogen) atoms. The SMILES string of the molecule is O=C(NC[C@@H](c1cccs1)N1CCc2ccccc2C1)c1ccc(Cl)cc1. The van der Waals surface area contributed by atoms with Gasteiger partial charge in [0, 0.05) is 35.1 Å². The molecule has 2 aromatic carbocycles. The molecule has 0 fully saturated rings. The lowest BCUT2D eigenvalue weighted by molar-refractivity contribution is 0.0929. The molecular formula is C22H21ClN2OS. The molecule has 0 saturated carbocycles. The number of nitrogens with one attached hydrogen (secondary N) is 1. The van der Waals surface area contributed by atoms with E-state index in [1.165, 1.54) is 16.0 Å². The topological polar surface area (TPSA) is 32.3 Å². The molecule has 0 unspecified atom stereocenters. The van der Waals surface area contributed by atoms with Crippen LogP contribution in [0.3, 0.4) is 0 Å². The van der Waals surface area contributed by atoms with Crippen LogP contribution in [0.4, 0.5) is 0 Å². The molecule has 2 heterocycles. The second kappa shape index (κ2) is 8.26. The van der Waals surface area contributed by atoms with E-state index in [0.29, 0.717) is 17.1 Å². The maximum atomic E-state index is 12.5. The van der Waals surface area contributed by atoms with Crippen molar-refractivity contribution in [3.63, 3.8) is 0 Å².